The lowest BCUT2D eigenvalue weighted by molar-refractivity contribution is -0.127. The molecule has 0 radical (unpaired) electrons. The maximum absolute atomic E-state index is 12.0. The number of ether oxygens (including phenoxy) is 1. The zero-order valence-corrected chi connectivity index (χ0v) is 20.1. The molecule has 0 heterocycles. The van der Waals surface area contributed by atoms with Crippen molar-refractivity contribution in [2.24, 2.45) is 4.99 Å². The lowest BCUT2D eigenvalue weighted by Gasteiger charge is -2.21. The number of amides is 1. The summed E-state index contributed by atoms with van der Waals surface area (Å²) in [7, 11) is 5.12. The minimum absolute atomic E-state index is 0. The van der Waals surface area contributed by atoms with Gasteiger partial charge in [0.2, 0.25) is 5.91 Å². The Bertz CT molecular complexity index is 807. The van der Waals surface area contributed by atoms with Crippen LogP contribution in [0.5, 0.6) is 5.75 Å². The van der Waals surface area contributed by atoms with Crippen molar-refractivity contribution in [2.75, 3.05) is 27.7 Å². The standard InChI is InChI=1S/C22H30N4O2.HI/c1-16-8-6-7-9-20(16)17(2)25-22(24-15-21(27)26(3)4)23-14-18-10-12-19(28-5)13-11-18;/h6-13,17H,14-15H2,1-5H3,(H2,23,24,25);1H. The first-order valence-electron chi connectivity index (χ1n) is 9.34. The highest BCUT2D eigenvalue weighted by atomic mass is 127. The molecular formula is C22H31IN4O2. The summed E-state index contributed by atoms with van der Waals surface area (Å²) in [4.78, 5) is 18.2. The highest BCUT2D eigenvalue weighted by Gasteiger charge is 2.12. The van der Waals surface area contributed by atoms with Crippen molar-refractivity contribution in [1.82, 2.24) is 15.5 Å². The van der Waals surface area contributed by atoms with E-state index in [4.69, 9.17) is 4.74 Å². The van der Waals surface area contributed by atoms with E-state index < -0.39 is 0 Å². The van der Waals surface area contributed by atoms with Crippen molar-refractivity contribution in [3.05, 3.63) is 65.2 Å². The van der Waals surface area contributed by atoms with Crippen LogP contribution in [0.2, 0.25) is 0 Å². The molecule has 1 amide bonds. The molecule has 0 aliphatic heterocycles. The highest BCUT2D eigenvalue weighted by molar-refractivity contribution is 14.0. The molecule has 0 spiro atoms. The number of carbonyl (C=O) groups excluding carboxylic acids is 1. The number of likely N-dealkylation sites (N-methyl/N-ethyl adjacent to an activating group) is 1. The minimum atomic E-state index is -0.0116. The molecule has 0 aliphatic carbocycles. The molecule has 0 aliphatic rings. The quantitative estimate of drug-likeness (QED) is 0.340. The number of halogens is 1. The normalized spacial score (nSPS) is 11.8. The molecule has 0 saturated carbocycles. The molecule has 2 aromatic carbocycles. The molecule has 0 bridgehead atoms. The van der Waals surface area contributed by atoms with Gasteiger partial charge in [0.05, 0.1) is 26.2 Å². The number of hydrogen-bond donors (Lipinski definition) is 2. The van der Waals surface area contributed by atoms with Gasteiger partial charge in [-0.15, -0.1) is 24.0 Å². The summed E-state index contributed by atoms with van der Waals surface area (Å²) in [5.74, 6) is 1.40. The molecule has 29 heavy (non-hydrogen) atoms. The molecule has 7 heteroatoms. The van der Waals surface area contributed by atoms with Gasteiger partial charge in [-0.2, -0.15) is 0 Å². The van der Waals surface area contributed by atoms with Crippen molar-refractivity contribution in [2.45, 2.75) is 26.4 Å². The molecule has 0 aromatic heterocycles. The lowest BCUT2D eigenvalue weighted by atomic mass is 10.0. The van der Waals surface area contributed by atoms with Crippen LogP contribution in [0.15, 0.2) is 53.5 Å². The van der Waals surface area contributed by atoms with Gasteiger partial charge in [0.25, 0.3) is 0 Å². The second kappa shape index (κ2) is 12.3. The van der Waals surface area contributed by atoms with Crippen LogP contribution in [0.4, 0.5) is 0 Å². The number of benzene rings is 2. The monoisotopic (exact) mass is 510 g/mol. The highest BCUT2D eigenvalue weighted by Crippen LogP contribution is 2.16. The van der Waals surface area contributed by atoms with Gasteiger partial charge < -0.3 is 20.3 Å². The van der Waals surface area contributed by atoms with Gasteiger partial charge in [0.15, 0.2) is 5.96 Å². The number of aliphatic imine (C=N–C) groups is 1. The summed E-state index contributed by atoms with van der Waals surface area (Å²) in [6.07, 6.45) is 0. The minimum Gasteiger partial charge on any atom is -0.497 e. The van der Waals surface area contributed by atoms with E-state index >= 15 is 0 Å². The van der Waals surface area contributed by atoms with E-state index in [-0.39, 0.29) is 42.5 Å². The van der Waals surface area contributed by atoms with Crippen molar-refractivity contribution in [1.29, 1.82) is 0 Å². The predicted molar refractivity (Wildman–Crippen MR) is 129 cm³/mol. The third-order valence-electron chi connectivity index (χ3n) is 4.49. The number of guanidine groups is 1. The van der Waals surface area contributed by atoms with Gasteiger partial charge in [-0.3, -0.25) is 4.79 Å². The summed E-state index contributed by atoms with van der Waals surface area (Å²) < 4.78 is 5.19. The third kappa shape index (κ3) is 7.92. The fourth-order valence-corrected chi connectivity index (χ4v) is 2.73. The zero-order chi connectivity index (χ0) is 20.5. The molecule has 0 saturated heterocycles. The summed E-state index contributed by atoms with van der Waals surface area (Å²) in [6.45, 7) is 4.85. The summed E-state index contributed by atoms with van der Waals surface area (Å²) >= 11 is 0. The second-order valence-corrected chi connectivity index (χ2v) is 6.88. The Morgan fingerprint density at radius 1 is 1.14 bits per heavy atom. The molecule has 2 rings (SSSR count). The number of aryl methyl sites for hydroxylation is 1. The van der Waals surface area contributed by atoms with Crippen LogP contribution in [-0.2, 0) is 11.3 Å². The molecule has 6 nitrogen and oxygen atoms in total. The van der Waals surface area contributed by atoms with Crippen LogP contribution in [0.1, 0.15) is 29.7 Å². The predicted octanol–water partition coefficient (Wildman–Crippen LogP) is 3.51. The van der Waals surface area contributed by atoms with Gasteiger partial charge in [-0.25, -0.2) is 4.99 Å². The van der Waals surface area contributed by atoms with E-state index in [1.807, 2.05) is 36.4 Å². The topological polar surface area (TPSA) is 66.0 Å². The molecule has 1 atom stereocenters. The smallest absolute Gasteiger partial charge is 0.241 e. The molecular weight excluding hydrogens is 479 g/mol. The van der Waals surface area contributed by atoms with Crippen LogP contribution in [-0.4, -0.2) is 44.5 Å². The number of hydrogen-bond acceptors (Lipinski definition) is 3. The first-order chi connectivity index (χ1) is 13.4. The van der Waals surface area contributed by atoms with Gasteiger partial charge >= 0.3 is 0 Å². The Kier molecular flexibility index (Phi) is 10.5. The first-order valence-corrected chi connectivity index (χ1v) is 9.34. The van der Waals surface area contributed by atoms with Gasteiger partial charge in [0.1, 0.15) is 5.75 Å². The summed E-state index contributed by atoms with van der Waals surface area (Å²) in [5, 5.41) is 6.54. The number of rotatable bonds is 7. The molecule has 0 fully saturated rings. The zero-order valence-electron chi connectivity index (χ0n) is 17.7. The average Bonchev–Trinajstić information content (AvgIpc) is 2.70. The Hall–Kier alpha value is -2.29. The summed E-state index contributed by atoms with van der Waals surface area (Å²) in [6, 6.07) is 16.1. The lowest BCUT2D eigenvalue weighted by Crippen LogP contribution is -2.43. The summed E-state index contributed by atoms with van der Waals surface area (Å²) in [5.41, 5.74) is 3.46. The van der Waals surface area contributed by atoms with Crippen LogP contribution >= 0.6 is 24.0 Å². The maximum Gasteiger partial charge on any atom is 0.241 e. The average molecular weight is 510 g/mol. The van der Waals surface area contributed by atoms with E-state index in [1.165, 1.54) is 11.1 Å². The van der Waals surface area contributed by atoms with E-state index in [2.05, 4.69) is 41.6 Å². The largest absolute Gasteiger partial charge is 0.497 e. The number of methoxy groups -OCH3 is 1. The number of nitrogens with one attached hydrogen (secondary N) is 2. The van der Waals surface area contributed by atoms with E-state index in [9.17, 15) is 4.79 Å². The SMILES string of the molecule is COc1ccc(CN=C(NCC(=O)N(C)C)NC(C)c2ccccc2C)cc1.I. The second-order valence-electron chi connectivity index (χ2n) is 6.88. The Morgan fingerprint density at radius 2 is 1.79 bits per heavy atom. The van der Waals surface area contributed by atoms with E-state index in [0.717, 1.165) is 11.3 Å². The van der Waals surface area contributed by atoms with Crippen molar-refractivity contribution < 1.29 is 9.53 Å². The fourth-order valence-electron chi connectivity index (χ4n) is 2.73. The van der Waals surface area contributed by atoms with E-state index in [1.54, 1.807) is 26.1 Å². The number of carbonyl (C=O) groups is 1. The van der Waals surface area contributed by atoms with Gasteiger partial charge in [-0.1, -0.05) is 36.4 Å². The third-order valence-corrected chi connectivity index (χ3v) is 4.49. The first kappa shape index (κ1) is 24.7. The molecule has 2 N–H and O–H groups in total. The van der Waals surface area contributed by atoms with Crippen molar-refractivity contribution >= 4 is 35.8 Å². The van der Waals surface area contributed by atoms with Crippen LogP contribution in [0.3, 0.4) is 0 Å². The Labute approximate surface area is 190 Å². The van der Waals surface area contributed by atoms with Crippen LogP contribution < -0.4 is 15.4 Å². The van der Waals surface area contributed by atoms with Crippen LogP contribution in [0.25, 0.3) is 0 Å². The molecule has 1 unspecified atom stereocenters. The van der Waals surface area contributed by atoms with Crippen molar-refractivity contribution in [3.63, 3.8) is 0 Å². The molecule has 158 valence electrons. The maximum atomic E-state index is 12.0. The molecule has 2 aromatic rings. The number of nitrogens with zero attached hydrogens (tertiary/aromatic N) is 2. The Morgan fingerprint density at radius 3 is 2.38 bits per heavy atom. The van der Waals surface area contributed by atoms with E-state index in [0.29, 0.717) is 12.5 Å². The van der Waals surface area contributed by atoms with Crippen molar-refractivity contribution in [3.8, 4) is 5.75 Å². The van der Waals surface area contributed by atoms with Gasteiger partial charge in [0, 0.05) is 14.1 Å². The Balaban J connectivity index is 0.00000420. The fraction of sp³-hybridized carbons (Fsp3) is 0.364. The van der Waals surface area contributed by atoms with Gasteiger partial charge in [-0.05, 0) is 42.7 Å². The van der Waals surface area contributed by atoms with Crippen LogP contribution in [0, 0.1) is 6.92 Å².